The monoisotopic (exact) mass is 1060 g/mol. The standard InChI is InChI=1S/C70H128O6/c1-4-7-10-13-16-19-22-24-26-27-28-29-30-31-32-33-34-35-36-37-38-39-40-41-42-43-44-46-48-51-54-57-60-63-69(72)75-66-67(65-74-68(71)62-59-56-53-50-47-21-18-15-12-9-6-3)76-70(73)64-61-58-55-52-49-45-25-23-20-17-14-11-8-5-2/h22-25,27-28,30-31,67H,4-21,26,29,32-66H2,1-3H3/b24-22-,25-23-,28-27-,31-30-. The van der Waals surface area contributed by atoms with Gasteiger partial charge in [0, 0.05) is 19.3 Å². The molecule has 0 heterocycles. The summed E-state index contributed by atoms with van der Waals surface area (Å²) in [5.41, 5.74) is 0. The molecule has 0 amide bonds. The molecule has 0 aliphatic heterocycles. The quantitative estimate of drug-likeness (QED) is 0.0261. The third-order valence-corrected chi connectivity index (χ3v) is 15.1. The topological polar surface area (TPSA) is 78.9 Å². The molecule has 0 aromatic rings. The van der Waals surface area contributed by atoms with Crippen LogP contribution in [0.4, 0.5) is 0 Å². The second-order valence-electron chi connectivity index (χ2n) is 22.7. The highest BCUT2D eigenvalue weighted by molar-refractivity contribution is 5.71. The van der Waals surface area contributed by atoms with Gasteiger partial charge in [-0.05, 0) is 83.5 Å². The first-order valence-electron chi connectivity index (χ1n) is 33.6. The van der Waals surface area contributed by atoms with Crippen LogP contribution in [0.5, 0.6) is 0 Å². The van der Waals surface area contributed by atoms with Gasteiger partial charge in [-0.2, -0.15) is 0 Å². The van der Waals surface area contributed by atoms with Crippen molar-refractivity contribution in [1.82, 2.24) is 0 Å². The highest BCUT2D eigenvalue weighted by Crippen LogP contribution is 2.17. The minimum Gasteiger partial charge on any atom is -0.462 e. The molecule has 0 bridgehead atoms. The molecule has 1 unspecified atom stereocenters. The molecule has 0 spiro atoms. The Balaban J connectivity index is 4.06. The third-order valence-electron chi connectivity index (χ3n) is 15.1. The third kappa shape index (κ3) is 62.2. The first-order valence-corrected chi connectivity index (χ1v) is 33.6. The molecule has 1 atom stereocenters. The molecule has 6 heteroatoms. The molecular weight excluding hydrogens is 937 g/mol. The molecule has 0 N–H and O–H groups in total. The molecule has 0 rings (SSSR count). The van der Waals surface area contributed by atoms with Gasteiger partial charge in [0.2, 0.25) is 0 Å². The minimum absolute atomic E-state index is 0.0712. The molecule has 0 saturated heterocycles. The lowest BCUT2D eigenvalue weighted by Gasteiger charge is -2.18. The maximum atomic E-state index is 12.9. The normalized spacial score (nSPS) is 12.3. The number of rotatable bonds is 62. The number of hydrogen-bond acceptors (Lipinski definition) is 6. The number of carbonyl (C=O) groups excluding carboxylic acids is 3. The Morgan fingerprint density at radius 1 is 0.263 bits per heavy atom. The molecule has 6 nitrogen and oxygen atoms in total. The first-order chi connectivity index (χ1) is 37.5. The fraction of sp³-hybridized carbons (Fsp3) is 0.843. The van der Waals surface area contributed by atoms with Crippen molar-refractivity contribution in [2.24, 2.45) is 0 Å². The van der Waals surface area contributed by atoms with Crippen molar-refractivity contribution in [3.8, 4) is 0 Å². The SMILES string of the molecule is CCCCCCC/C=C\C/C=C\C/C=C\CCCCCCCCCCCCCCCCCCCCC(=O)OCC(COC(=O)CCCCCCCCCCCCC)OC(=O)CCCCCCC/C=C\CCCCCCC. The van der Waals surface area contributed by atoms with Gasteiger partial charge in [0.1, 0.15) is 13.2 Å². The summed E-state index contributed by atoms with van der Waals surface area (Å²) in [6.45, 7) is 6.65. The highest BCUT2D eigenvalue weighted by Gasteiger charge is 2.19. The molecule has 0 aliphatic carbocycles. The fourth-order valence-corrected chi connectivity index (χ4v) is 9.98. The van der Waals surface area contributed by atoms with E-state index < -0.39 is 6.10 Å². The number of unbranched alkanes of at least 4 members (excludes halogenated alkanes) is 43. The summed E-state index contributed by atoms with van der Waals surface area (Å²) in [6.07, 6.45) is 81.4. The summed E-state index contributed by atoms with van der Waals surface area (Å²) in [7, 11) is 0. The van der Waals surface area contributed by atoms with Gasteiger partial charge >= 0.3 is 17.9 Å². The van der Waals surface area contributed by atoms with Crippen LogP contribution in [-0.4, -0.2) is 37.2 Å². The average Bonchev–Trinajstić information content (AvgIpc) is 3.42. The molecule has 0 aromatic heterocycles. The van der Waals surface area contributed by atoms with E-state index in [-0.39, 0.29) is 31.1 Å². The van der Waals surface area contributed by atoms with Gasteiger partial charge in [0.15, 0.2) is 6.10 Å². The molecule has 0 aliphatic rings. The predicted octanol–water partition coefficient (Wildman–Crippen LogP) is 22.9. The van der Waals surface area contributed by atoms with E-state index in [9.17, 15) is 14.4 Å². The molecule has 0 aromatic carbocycles. The molecule has 0 radical (unpaired) electrons. The Bertz CT molecular complexity index is 1310. The van der Waals surface area contributed by atoms with E-state index in [1.807, 2.05) is 0 Å². The smallest absolute Gasteiger partial charge is 0.306 e. The summed E-state index contributed by atoms with van der Waals surface area (Å²) in [5, 5.41) is 0. The maximum Gasteiger partial charge on any atom is 0.306 e. The fourth-order valence-electron chi connectivity index (χ4n) is 9.98. The zero-order valence-electron chi connectivity index (χ0n) is 51.0. The van der Waals surface area contributed by atoms with Crippen molar-refractivity contribution in [1.29, 1.82) is 0 Å². The maximum absolute atomic E-state index is 12.9. The lowest BCUT2D eigenvalue weighted by atomic mass is 10.0. The van der Waals surface area contributed by atoms with Gasteiger partial charge in [0.25, 0.3) is 0 Å². The Hall–Kier alpha value is -2.63. The van der Waals surface area contributed by atoms with Crippen molar-refractivity contribution in [3.63, 3.8) is 0 Å². The second kappa shape index (κ2) is 64.9. The van der Waals surface area contributed by atoms with Crippen LogP contribution in [0.3, 0.4) is 0 Å². The van der Waals surface area contributed by atoms with Gasteiger partial charge < -0.3 is 14.2 Å². The lowest BCUT2D eigenvalue weighted by molar-refractivity contribution is -0.167. The van der Waals surface area contributed by atoms with Crippen LogP contribution in [-0.2, 0) is 28.6 Å². The summed E-state index contributed by atoms with van der Waals surface area (Å²) >= 11 is 0. The van der Waals surface area contributed by atoms with Crippen LogP contribution >= 0.6 is 0 Å². The van der Waals surface area contributed by atoms with Gasteiger partial charge in [-0.25, -0.2) is 0 Å². The lowest BCUT2D eigenvalue weighted by Crippen LogP contribution is -2.30. The number of carbonyl (C=O) groups is 3. The molecule has 0 saturated carbocycles. The average molecular weight is 1070 g/mol. The van der Waals surface area contributed by atoms with Crippen LogP contribution in [0, 0.1) is 0 Å². The van der Waals surface area contributed by atoms with Crippen LogP contribution in [0.15, 0.2) is 48.6 Å². The number of hydrogen-bond donors (Lipinski definition) is 0. The summed E-state index contributed by atoms with van der Waals surface area (Å²) < 4.78 is 16.9. The van der Waals surface area contributed by atoms with Gasteiger partial charge in [-0.15, -0.1) is 0 Å². The van der Waals surface area contributed by atoms with E-state index in [2.05, 4.69) is 69.4 Å². The molecule has 76 heavy (non-hydrogen) atoms. The highest BCUT2D eigenvalue weighted by atomic mass is 16.6. The van der Waals surface area contributed by atoms with Crippen LogP contribution in [0.25, 0.3) is 0 Å². The zero-order valence-corrected chi connectivity index (χ0v) is 51.0. The van der Waals surface area contributed by atoms with Crippen molar-refractivity contribution < 1.29 is 28.6 Å². The summed E-state index contributed by atoms with van der Waals surface area (Å²) in [6, 6.07) is 0. The van der Waals surface area contributed by atoms with E-state index >= 15 is 0 Å². The summed E-state index contributed by atoms with van der Waals surface area (Å²) in [5.74, 6) is -0.860. The largest absolute Gasteiger partial charge is 0.462 e. The van der Waals surface area contributed by atoms with Crippen molar-refractivity contribution in [2.45, 2.75) is 367 Å². The van der Waals surface area contributed by atoms with Crippen LogP contribution in [0.2, 0.25) is 0 Å². The van der Waals surface area contributed by atoms with Crippen molar-refractivity contribution in [2.75, 3.05) is 13.2 Å². The predicted molar refractivity (Wildman–Crippen MR) is 330 cm³/mol. The minimum atomic E-state index is -0.773. The Morgan fingerprint density at radius 2 is 0.474 bits per heavy atom. The van der Waals surface area contributed by atoms with Crippen molar-refractivity contribution in [3.05, 3.63) is 48.6 Å². The summed E-state index contributed by atoms with van der Waals surface area (Å²) in [4.78, 5) is 38.2. The van der Waals surface area contributed by atoms with Crippen LogP contribution in [0.1, 0.15) is 361 Å². The van der Waals surface area contributed by atoms with Crippen LogP contribution < -0.4 is 0 Å². The van der Waals surface area contributed by atoms with Gasteiger partial charge in [0.05, 0.1) is 0 Å². The molecule has 444 valence electrons. The van der Waals surface area contributed by atoms with Gasteiger partial charge in [-0.1, -0.05) is 307 Å². The van der Waals surface area contributed by atoms with E-state index in [1.54, 1.807) is 0 Å². The van der Waals surface area contributed by atoms with Crippen molar-refractivity contribution >= 4 is 17.9 Å². The number of esters is 3. The van der Waals surface area contributed by atoms with E-state index in [1.165, 1.54) is 244 Å². The van der Waals surface area contributed by atoms with E-state index in [0.717, 1.165) is 77.0 Å². The molecule has 0 fully saturated rings. The number of allylic oxidation sites excluding steroid dienone is 8. The zero-order chi connectivity index (χ0) is 55.0. The Labute approximate surface area is 473 Å². The van der Waals surface area contributed by atoms with Gasteiger partial charge in [-0.3, -0.25) is 14.4 Å². The Morgan fingerprint density at radius 3 is 0.750 bits per heavy atom. The van der Waals surface area contributed by atoms with E-state index in [4.69, 9.17) is 14.2 Å². The van der Waals surface area contributed by atoms with E-state index in [0.29, 0.717) is 19.3 Å². The first kappa shape index (κ1) is 73.4. The Kier molecular flexibility index (Phi) is 62.6. The second-order valence-corrected chi connectivity index (χ2v) is 22.7. The molecular formula is C70H128O6. The number of ether oxygens (including phenoxy) is 3.